The second kappa shape index (κ2) is 3.42. The van der Waals surface area contributed by atoms with Gasteiger partial charge < -0.3 is 15.7 Å². The maximum absolute atomic E-state index is 9.91. The van der Waals surface area contributed by atoms with E-state index in [-0.39, 0.29) is 0 Å². The van der Waals surface area contributed by atoms with Crippen molar-refractivity contribution >= 4 is 11.4 Å². The summed E-state index contributed by atoms with van der Waals surface area (Å²) in [6, 6.07) is 5.94. The Hall–Kier alpha value is -1.22. The third-order valence-corrected chi connectivity index (χ3v) is 3.14. The van der Waals surface area contributed by atoms with Crippen LogP contribution >= 0.6 is 0 Å². The van der Waals surface area contributed by atoms with E-state index < -0.39 is 5.60 Å². The molecule has 0 bridgehead atoms. The molecule has 1 aliphatic rings. The number of nitrogen functional groups attached to an aromatic ring is 1. The van der Waals surface area contributed by atoms with Crippen molar-refractivity contribution in [1.29, 1.82) is 0 Å². The average Bonchev–Trinajstić information content (AvgIpc) is 2.51. The van der Waals surface area contributed by atoms with Gasteiger partial charge in [0.05, 0.1) is 5.60 Å². The zero-order valence-corrected chi connectivity index (χ0v) is 9.33. The number of hydrogen-bond acceptors (Lipinski definition) is 3. The highest BCUT2D eigenvalue weighted by molar-refractivity contribution is 5.64. The smallest absolute Gasteiger partial charge is 0.0810 e. The number of nitrogens with two attached hydrogens (primary N) is 1. The number of nitrogens with zero attached hydrogens (tertiary/aromatic N) is 1. The monoisotopic (exact) mass is 206 g/mol. The predicted molar refractivity (Wildman–Crippen MR) is 63.0 cm³/mol. The molecule has 82 valence electrons. The first-order valence-electron chi connectivity index (χ1n) is 5.32. The number of anilines is 2. The molecular formula is C12H18N2O. The van der Waals surface area contributed by atoms with E-state index in [0.29, 0.717) is 6.54 Å². The van der Waals surface area contributed by atoms with Gasteiger partial charge in [0.2, 0.25) is 0 Å². The maximum Gasteiger partial charge on any atom is 0.0810 e. The molecule has 1 heterocycles. The van der Waals surface area contributed by atoms with Gasteiger partial charge in [-0.25, -0.2) is 0 Å². The first kappa shape index (κ1) is 10.3. The van der Waals surface area contributed by atoms with Crippen molar-refractivity contribution in [2.24, 2.45) is 0 Å². The molecule has 1 aliphatic heterocycles. The van der Waals surface area contributed by atoms with Crippen LogP contribution < -0.4 is 10.6 Å². The van der Waals surface area contributed by atoms with Gasteiger partial charge in [0, 0.05) is 24.5 Å². The summed E-state index contributed by atoms with van der Waals surface area (Å²) in [7, 11) is 0. The second-order valence-corrected chi connectivity index (χ2v) is 4.66. The molecule has 0 spiro atoms. The fourth-order valence-corrected chi connectivity index (χ4v) is 2.13. The lowest BCUT2D eigenvalue weighted by Gasteiger charge is -2.23. The predicted octanol–water partition coefficient (Wildman–Crippen LogP) is 1.54. The molecule has 1 saturated heterocycles. The Morgan fingerprint density at radius 1 is 1.47 bits per heavy atom. The van der Waals surface area contributed by atoms with Gasteiger partial charge in [-0.1, -0.05) is 6.07 Å². The fourth-order valence-electron chi connectivity index (χ4n) is 2.13. The second-order valence-electron chi connectivity index (χ2n) is 4.66. The highest BCUT2D eigenvalue weighted by Crippen LogP contribution is 2.30. The molecule has 1 aromatic rings. The van der Waals surface area contributed by atoms with Crippen LogP contribution in [0.1, 0.15) is 18.9 Å². The van der Waals surface area contributed by atoms with Crippen molar-refractivity contribution in [2.45, 2.75) is 25.9 Å². The quantitative estimate of drug-likeness (QED) is 0.685. The van der Waals surface area contributed by atoms with Crippen molar-refractivity contribution in [3.63, 3.8) is 0 Å². The van der Waals surface area contributed by atoms with E-state index in [9.17, 15) is 5.11 Å². The van der Waals surface area contributed by atoms with E-state index in [0.717, 1.165) is 29.9 Å². The lowest BCUT2D eigenvalue weighted by atomic mass is 10.1. The maximum atomic E-state index is 9.91. The number of β-amino-alcohol motifs (C(OH)–C–C–N with tert-alkyl or cyclic N) is 1. The molecule has 3 heteroatoms. The number of rotatable bonds is 1. The Kier molecular flexibility index (Phi) is 2.35. The minimum Gasteiger partial charge on any atom is -0.398 e. The lowest BCUT2D eigenvalue weighted by molar-refractivity contribution is 0.0839. The van der Waals surface area contributed by atoms with Gasteiger partial charge in [-0.2, -0.15) is 0 Å². The van der Waals surface area contributed by atoms with Crippen LogP contribution in [0.5, 0.6) is 0 Å². The van der Waals surface area contributed by atoms with E-state index >= 15 is 0 Å². The summed E-state index contributed by atoms with van der Waals surface area (Å²) in [5.74, 6) is 0. The van der Waals surface area contributed by atoms with Crippen molar-refractivity contribution < 1.29 is 5.11 Å². The highest BCUT2D eigenvalue weighted by Gasteiger charge is 2.31. The van der Waals surface area contributed by atoms with Crippen LogP contribution in [-0.2, 0) is 0 Å². The summed E-state index contributed by atoms with van der Waals surface area (Å²) in [4.78, 5) is 2.20. The molecule has 2 rings (SSSR count). The fraction of sp³-hybridized carbons (Fsp3) is 0.500. The Labute approximate surface area is 90.5 Å². The van der Waals surface area contributed by atoms with Crippen molar-refractivity contribution in [2.75, 3.05) is 23.7 Å². The largest absolute Gasteiger partial charge is 0.398 e. The molecule has 0 aliphatic carbocycles. The Balaban J connectivity index is 2.28. The van der Waals surface area contributed by atoms with Gasteiger partial charge in [0.25, 0.3) is 0 Å². The van der Waals surface area contributed by atoms with E-state index in [4.69, 9.17) is 5.73 Å². The van der Waals surface area contributed by atoms with Crippen LogP contribution in [0.15, 0.2) is 18.2 Å². The molecule has 3 nitrogen and oxygen atoms in total. The topological polar surface area (TPSA) is 49.5 Å². The van der Waals surface area contributed by atoms with Crippen molar-refractivity contribution in [3.05, 3.63) is 23.8 Å². The Morgan fingerprint density at radius 2 is 2.20 bits per heavy atom. The van der Waals surface area contributed by atoms with Crippen molar-refractivity contribution in [1.82, 2.24) is 0 Å². The van der Waals surface area contributed by atoms with Crippen LogP contribution in [0.3, 0.4) is 0 Å². The molecule has 0 aromatic heterocycles. The Bertz CT molecular complexity index is 374. The van der Waals surface area contributed by atoms with Crippen LogP contribution in [0.4, 0.5) is 11.4 Å². The molecule has 1 fully saturated rings. The van der Waals surface area contributed by atoms with Crippen LogP contribution in [-0.4, -0.2) is 23.8 Å². The van der Waals surface area contributed by atoms with Crippen LogP contribution in [0.2, 0.25) is 0 Å². The molecule has 1 unspecified atom stereocenters. The Morgan fingerprint density at radius 3 is 2.80 bits per heavy atom. The number of benzene rings is 1. The molecule has 0 saturated carbocycles. The SMILES string of the molecule is Cc1c(N)cccc1N1CCC(C)(O)C1. The summed E-state index contributed by atoms with van der Waals surface area (Å²) in [6.45, 7) is 5.50. The zero-order valence-electron chi connectivity index (χ0n) is 9.33. The highest BCUT2D eigenvalue weighted by atomic mass is 16.3. The average molecular weight is 206 g/mol. The standard InChI is InChI=1S/C12H18N2O/c1-9-10(13)4-3-5-11(9)14-7-6-12(2,15)8-14/h3-5,15H,6-8,13H2,1-2H3. The molecule has 0 radical (unpaired) electrons. The summed E-state index contributed by atoms with van der Waals surface area (Å²) in [5.41, 5.74) is 8.38. The van der Waals surface area contributed by atoms with Gasteiger partial charge in [-0.3, -0.25) is 0 Å². The number of aliphatic hydroxyl groups is 1. The first-order valence-corrected chi connectivity index (χ1v) is 5.32. The third-order valence-electron chi connectivity index (χ3n) is 3.14. The van der Waals surface area contributed by atoms with Gasteiger partial charge in [-0.05, 0) is 38.0 Å². The molecule has 0 amide bonds. The minimum atomic E-state index is -0.558. The zero-order chi connectivity index (χ0) is 11.1. The van der Waals surface area contributed by atoms with E-state index in [2.05, 4.69) is 11.0 Å². The molecule has 1 aromatic carbocycles. The molecular weight excluding hydrogens is 188 g/mol. The van der Waals surface area contributed by atoms with Crippen molar-refractivity contribution in [3.8, 4) is 0 Å². The normalized spacial score (nSPS) is 25.9. The van der Waals surface area contributed by atoms with Gasteiger partial charge in [0.15, 0.2) is 0 Å². The van der Waals surface area contributed by atoms with Gasteiger partial charge in [-0.15, -0.1) is 0 Å². The van der Waals surface area contributed by atoms with Gasteiger partial charge >= 0.3 is 0 Å². The van der Waals surface area contributed by atoms with Gasteiger partial charge in [0.1, 0.15) is 0 Å². The minimum absolute atomic E-state index is 0.558. The number of hydrogen-bond donors (Lipinski definition) is 2. The van der Waals surface area contributed by atoms with E-state index in [1.54, 1.807) is 0 Å². The summed E-state index contributed by atoms with van der Waals surface area (Å²) in [6.07, 6.45) is 0.821. The first-order chi connectivity index (χ1) is 6.99. The molecule has 3 N–H and O–H groups in total. The summed E-state index contributed by atoms with van der Waals surface area (Å²) >= 11 is 0. The van der Waals surface area contributed by atoms with E-state index in [1.807, 2.05) is 26.0 Å². The summed E-state index contributed by atoms with van der Waals surface area (Å²) < 4.78 is 0. The van der Waals surface area contributed by atoms with Crippen LogP contribution in [0.25, 0.3) is 0 Å². The molecule has 15 heavy (non-hydrogen) atoms. The third kappa shape index (κ3) is 1.92. The van der Waals surface area contributed by atoms with Crippen LogP contribution in [0, 0.1) is 6.92 Å². The lowest BCUT2D eigenvalue weighted by Crippen LogP contribution is -2.29. The summed E-state index contributed by atoms with van der Waals surface area (Å²) in [5, 5.41) is 9.91. The van der Waals surface area contributed by atoms with E-state index in [1.165, 1.54) is 0 Å². The molecule has 1 atom stereocenters.